The van der Waals surface area contributed by atoms with E-state index in [1.807, 2.05) is 0 Å². The first-order valence-corrected chi connectivity index (χ1v) is 26.4. The van der Waals surface area contributed by atoms with E-state index in [1.54, 1.807) is 0 Å². The minimum absolute atomic E-state index is 0.112. The number of hydrogen-bond donors (Lipinski definition) is 0. The number of aromatic nitrogens is 2. The lowest BCUT2D eigenvalue weighted by atomic mass is 9.82. The summed E-state index contributed by atoms with van der Waals surface area (Å²) in [7, 11) is 0. The smallest absolute Gasteiger partial charge is 0.0541 e. The molecule has 0 saturated carbocycles. The molecule has 0 radical (unpaired) electrons. The molecule has 0 amide bonds. The van der Waals surface area contributed by atoms with Gasteiger partial charge in [0.05, 0.1) is 27.8 Å². The molecule has 3 heteroatoms. The Morgan fingerprint density at radius 3 is 1.47 bits per heavy atom. The molecule has 2 heterocycles. The third kappa shape index (κ3) is 6.90. The molecule has 0 unspecified atom stereocenters. The molecule has 2 aromatic heterocycles. The molecule has 3 nitrogen and oxygen atoms in total. The summed E-state index contributed by atoms with van der Waals surface area (Å²) in [4.78, 5) is 2.40. The Balaban J connectivity index is 0.894. The van der Waals surface area contributed by atoms with E-state index in [9.17, 15) is 0 Å². The van der Waals surface area contributed by atoms with Crippen LogP contribution in [0.15, 0.2) is 273 Å². The zero-order chi connectivity index (χ0) is 50.5. The molecule has 0 bridgehead atoms. The largest absolute Gasteiger partial charge is 0.310 e. The van der Waals surface area contributed by atoms with Gasteiger partial charge in [0.25, 0.3) is 0 Å². The summed E-state index contributed by atoms with van der Waals surface area (Å²) >= 11 is 0. The molecular formula is C73H51N3. The van der Waals surface area contributed by atoms with E-state index >= 15 is 0 Å². The normalized spacial score (nSPS) is 12.7. The first-order valence-electron chi connectivity index (χ1n) is 26.4. The number of para-hydroxylation sites is 4. The molecule has 14 aromatic rings. The molecule has 358 valence electrons. The van der Waals surface area contributed by atoms with Crippen molar-refractivity contribution in [2.24, 2.45) is 0 Å². The third-order valence-corrected chi connectivity index (χ3v) is 16.3. The molecule has 0 N–H and O–H groups in total. The fourth-order valence-electron chi connectivity index (χ4n) is 12.6. The number of hydrogen-bond acceptors (Lipinski definition) is 1. The fraction of sp³-hybridized carbons (Fsp3) is 0.0411. The highest BCUT2D eigenvalue weighted by atomic mass is 15.1. The number of nitrogens with zero attached hydrogens (tertiary/aromatic N) is 3. The van der Waals surface area contributed by atoms with Gasteiger partial charge < -0.3 is 14.0 Å². The molecule has 15 rings (SSSR count). The van der Waals surface area contributed by atoms with Crippen molar-refractivity contribution < 1.29 is 0 Å². The van der Waals surface area contributed by atoms with E-state index in [0.717, 1.165) is 33.9 Å². The Labute approximate surface area is 442 Å². The topological polar surface area (TPSA) is 13.1 Å². The van der Waals surface area contributed by atoms with Crippen LogP contribution < -0.4 is 4.90 Å². The Morgan fingerprint density at radius 1 is 0.289 bits per heavy atom. The Bertz CT molecular complexity index is 4590. The first-order chi connectivity index (χ1) is 37.4. The van der Waals surface area contributed by atoms with Crippen LogP contribution in [-0.4, -0.2) is 9.13 Å². The van der Waals surface area contributed by atoms with Crippen molar-refractivity contribution >= 4 is 71.4 Å². The summed E-state index contributed by atoms with van der Waals surface area (Å²) in [6, 6.07) is 101. The Hall–Kier alpha value is -9.70. The summed E-state index contributed by atoms with van der Waals surface area (Å²) in [5, 5.41) is 7.40. The average Bonchev–Trinajstić information content (AvgIpc) is 4.11. The quantitative estimate of drug-likeness (QED) is 0.148. The van der Waals surface area contributed by atoms with E-state index in [4.69, 9.17) is 0 Å². The summed E-state index contributed by atoms with van der Waals surface area (Å²) in [5.41, 5.74) is 22.7. The van der Waals surface area contributed by atoms with Gasteiger partial charge in [0.1, 0.15) is 0 Å². The highest BCUT2D eigenvalue weighted by molar-refractivity contribution is 6.13. The maximum Gasteiger partial charge on any atom is 0.0541 e. The van der Waals surface area contributed by atoms with Gasteiger partial charge in [-0.2, -0.15) is 0 Å². The van der Waals surface area contributed by atoms with Crippen LogP contribution in [0.25, 0.3) is 110 Å². The van der Waals surface area contributed by atoms with E-state index in [-0.39, 0.29) is 5.41 Å². The molecule has 0 fully saturated rings. The van der Waals surface area contributed by atoms with Crippen LogP contribution in [0.2, 0.25) is 0 Å². The van der Waals surface area contributed by atoms with Crippen molar-refractivity contribution in [1.29, 1.82) is 0 Å². The molecule has 1 aliphatic rings. The molecule has 12 aromatic carbocycles. The second kappa shape index (κ2) is 17.2. The molecule has 76 heavy (non-hydrogen) atoms. The van der Waals surface area contributed by atoms with Crippen molar-refractivity contribution in [3.05, 3.63) is 284 Å². The van der Waals surface area contributed by atoms with Gasteiger partial charge in [0.2, 0.25) is 0 Å². The van der Waals surface area contributed by atoms with Gasteiger partial charge in [-0.3, -0.25) is 0 Å². The number of anilines is 3. The minimum Gasteiger partial charge on any atom is -0.310 e. The van der Waals surface area contributed by atoms with Crippen LogP contribution in [0.4, 0.5) is 17.1 Å². The molecular weight excluding hydrogens is 919 g/mol. The van der Waals surface area contributed by atoms with Gasteiger partial charge in [0.15, 0.2) is 0 Å². The number of fused-ring (bicyclic) bond motifs is 10. The van der Waals surface area contributed by atoms with E-state index < -0.39 is 0 Å². The van der Waals surface area contributed by atoms with Crippen LogP contribution in [-0.2, 0) is 5.41 Å². The fourth-order valence-corrected chi connectivity index (χ4v) is 12.6. The summed E-state index contributed by atoms with van der Waals surface area (Å²) in [6.07, 6.45) is 0. The van der Waals surface area contributed by atoms with Crippen molar-refractivity contribution in [3.8, 4) is 55.9 Å². The number of benzene rings is 12. The van der Waals surface area contributed by atoms with Gasteiger partial charge in [-0.1, -0.05) is 178 Å². The molecule has 0 saturated heterocycles. The van der Waals surface area contributed by atoms with Crippen LogP contribution in [0.5, 0.6) is 0 Å². The first kappa shape index (κ1) is 43.8. The lowest BCUT2D eigenvalue weighted by molar-refractivity contribution is 0.660. The Morgan fingerprint density at radius 2 is 0.776 bits per heavy atom. The highest BCUT2D eigenvalue weighted by Crippen LogP contribution is 2.51. The number of rotatable bonds is 8. The SMILES string of the molecule is CC1(C)c2ccccc2-c2ccc(N(c3ccccc3)c3ccc(-c4cc(-c5ccc6c(c5)c5ccccc5n6-c5ccccc5)cc(-c5ccc6c(c5)c5ccccc5n6-c5cccc6ccccc56)c4)cc3)cc21. The second-order valence-corrected chi connectivity index (χ2v) is 20.9. The molecule has 0 atom stereocenters. The predicted octanol–water partition coefficient (Wildman–Crippen LogP) is 19.8. The maximum atomic E-state index is 2.45. The summed E-state index contributed by atoms with van der Waals surface area (Å²) in [5.74, 6) is 0. The van der Waals surface area contributed by atoms with Crippen LogP contribution >= 0.6 is 0 Å². The van der Waals surface area contributed by atoms with Gasteiger partial charge >= 0.3 is 0 Å². The van der Waals surface area contributed by atoms with E-state index in [1.165, 1.54) is 105 Å². The lowest BCUT2D eigenvalue weighted by Crippen LogP contribution is -2.16. The maximum absolute atomic E-state index is 2.45. The van der Waals surface area contributed by atoms with Crippen molar-refractivity contribution in [2.75, 3.05) is 4.90 Å². The van der Waals surface area contributed by atoms with Crippen LogP contribution in [0.1, 0.15) is 25.0 Å². The zero-order valence-electron chi connectivity index (χ0n) is 42.3. The molecule has 1 aliphatic carbocycles. The Kier molecular flexibility index (Phi) is 9.92. The molecule has 0 spiro atoms. The van der Waals surface area contributed by atoms with Crippen LogP contribution in [0.3, 0.4) is 0 Å². The van der Waals surface area contributed by atoms with Crippen molar-refractivity contribution in [3.63, 3.8) is 0 Å². The van der Waals surface area contributed by atoms with Crippen molar-refractivity contribution in [1.82, 2.24) is 9.13 Å². The summed E-state index contributed by atoms with van der Waals surface area (Å²) < 4.78 is 4.84. The third-order valence-electron chi connectivity index (χ3n) is 16.3. The van der Waals surface area contributed by atoms with E-state index in [0.29, 0.717) is 0 Å². The predicted molar refractivity (Wildman–Crippen MR) is 321 cm³/mol. The van der Waals surface area contributed by atoms with E-state index in [2.05, 4.69) is 301 Å². The second-order valence-electron chi connectivity index (χ2n) is 20.9. The van der Waals surface area contributed by atoms with Crippen molar-refractivity contribution in [2.45, 2.75) is 19.3 Å². The van der Waals surface area contributed by atoms with Crippen LogP contribution in [0, 0.1) is 0 Å². The zero-order valence-corrected chi connectivity index (χ0v) is 42.3. The van der Waals surface area contributed by atoms with Gasteiger partial charge in [-0.25, -0.2) is 0 Å². The van der Waals surface area contributed by atoms with Gasteiger partial charge in [0, 0.05) is 55.1 Å². The average molecular weight is 970 g/mol. The highest BCUT2D eigenvalue weighted by Gasteiger charge is 2.36. The molecule has 0 aliphatic heterocycles. The lowest BCUT2D eigenvalue weighted by Gasteiger charge is -2.28. The minimum atomic E-state index is -0.112. The van der Waals surface area contributed by atoms with Gasteiger partial charge in [-0.05, 0) is 170 Å². The monoisotopic (exact) mass is 969 g/mol. The van der Waals surface area contributed by atoms with Gasteiger partial charge in [-0.15, -0.1) is 0 Å². The summed E-state index contributed by atoms with van der Waals surface area (Å²) in [6.45, 7) is 4.71. The standard InChI is InChI=1S/C73H51N3/c1-73(2)66-28-14-11-25-60(66)61-39-38-58(47-67(61)73)74(55-20-5-3-6-21-55)57-36-32-48(33-37-57)52-42-53(50-34-40-71-64(45-50)62-26-12-15-29-69(62)75(71)56-22-7-4-8-23-56)44-54(43-52)51-35-41-72-65(46-51)63-27-13-16-30-70(63)76(72)68-31-17-19-49-18-9-10-24-59(49)68/h3-47H,1-2H3.